The van der Waals surface area contributed by atoms with Crippen LogP contribution in [-0.2, 0) is 6.42 Å². The van der Waals surface area contributed by atoms with Crippen molar-refractivity contribution < 1.29 is 5.11 Å². The number of aryl methyl sites for hydroxylation is 3. The molecule has 0 saturated heterocycles. The molecule has 1 aromatic heterocycles. The molecule has 124 valence electrons. The third-order valence-electron chi connectivity index (χ3n) is 4.48. The molecule has 0 aliphatic heterocycles. The highest BCUT2D eigenvalue weighted by atomic mass is 16.3. The van der Waals surface area contributed by atoms with Gasteiger partial charge in [0.2, 0.25) is 5.88 Å². The molecule has 0 unspecified atom stereocenters. The Kier molecular flexibility index (Phi) is 4.43. The first kappa shape index (κ1) is 16.3. The van der Waals surface area contributed by atoms with Gasteiger partial charge in [0.25, 0.3) is 0 Å². The van der Waals surface area contributed by atoms with Crippen LogP contribution < -0.4 is 0 Å². The summed E-state index contributed by atoms with van der Waals surface area (Å²) >= 11 is 0. The number of aromatic nitrogens is 2. The maximum Gasteiger partial charge on any atom is 0.218 e. The van der Waals surface area contributed by atoms with Gasteiger partial charge in [-0.1, -0.05) is 43.2 Å². The van der Waals surface area contributed by atoms with E-state index in [0.717, 1.165) is 35.3 Å². The van der Waals surface area contributed by atoms with E-state index in [1.807, 2.05) is 12.1 Å². The van der Waals surface area contributed by atoms with Crippen LogP contribution in [0.2, 0.25) is 0 Å². The van der Waals surface area contributed by atoms with E-state index in [9.17, 15) is 5.11 Å². The summed E-state index contributed by atoms with van der Waals surface area (Å²) in [5.74, 6) is 0.247. The van der Waals surface area contributed by atoms with Gasteiger partial charge in [-0.05, 0) is 56.5 Å². The van der Waals surface area contributed by atoms with Gasteiger partial charge in [0.05, 0.1) is 11.4 Å². The zero-order valence-corrected chi connectivity index (χ0v) is 14.8. The van der Waals surface area contributed by atoms with Crippen LogP contribution in [0.5, 0.6) is 5.88 Å². The van der Waals surface area contributed by atoms with Crippen molar-refractivity contribution in [2.45, 2.75) is 40.5 Å². The van der Waals surface area contributed by atoms with Gasteiger partial charge in [-0.15, -0.1) is 0 Å². The smallest absolute Gasteiger partial charge is 0.218 e. The molecule has 3 nitrogen and oxygen atoms in total. The van der Waals surface area contributed by atoms with Crippen LogP contribution in [0.15, 0.2) is 42.5 Å². The molecule has 0 fully saturated rings. The molecule has 0 atom stereocenters. The van der Waals surface area contributed by atoms with Gasteiger partial charge >= 0.3 is 0 Å². The highest BCUT2D eigenvalue weighted by Gasteiger charge is 2.19. The van der Waals surface area contributed by atoms with E-state index < -0.39 is 0 Å². The Balaban J connectivity index is 2.18. The highest BCUT2D eigenvalue weighted by molar-refractivity contribution is 5.67. The summed E-state index contributed by atoms with van der Waals surface area (Å²) in [6.07, 6.45) is 1.77. The van der Waals surface area contributed by atoms with Gasteiger partial charge in [0, 0.05) is 11.1 Å². The van der Waals surface area contributed by atoms with E-state index in [-0.39, 0.29) is 5.88 Å². The first-order chi connectivity index (χ1) is 11.5. The summed E-state index contributed by atoms with van der Waals surface area (Å²) in [7, 11) is 0. The Hall–Kier alpha value is -2.55. The number of hydrogen-bond donors (Lipinski definition) is 1. The second kappa shape index (κ2) is 6.52. The van der Waals surface area contributed by atoms with E-state index in [1.165, 1.54) is 16.7 Å². The van der Waals surface area contributed by atoms with Crippen LogP contribution in [0.4, 0.5) is 0 Å². The maximum atomic E-state index is 10.8. The molecular weight excluding hydrogens is 296 g/mol. The lowest BCUT2D eigenvalue weighted by Gasteiger charge is -2.06. The molecule has 0 aliphatic rings. The molecule has 0 amide bonds. The lowest BCUT2D eigenvalue weighted by molar-refractivity contribution is 0.427. The van der Waals surface area contributed by atoms with E-state index >= 15 is 0 Å². The molecule has 3 heteroatoms. The van der Waals surface area contributed by atoms with Crippen molar-refractivity contribution in [1.29, 1.82) is 0 Å². The molecule has 1 N–H and O–H groups in total. The van der Waals surface area contributed by atoms with Crippen molar-refractivity contribution in [2.24, 2.45) is 0 Å². The van der Waals surface area contributed by atoms with E-state index in [2.05, 4.69) is 58.0 Å². The minimum absolute atomic E-state index is 0.247. The van der Waals surface area contributed by atoms with Gasteiger partial charge < -0.3 is 5.11 Å². The Morgan fingerprint density at radius 2 is 1.79 bits per heavy atom. The fourth-order valence-electron chi connectivity index (χ4n) is 2.98. The fourth-order valence-corrected chi connectivity index (χ4v) is 2.98. The van der Waals surface area contributed by atoms with Crippen LogP contribution in [0, 0.1) is 20.8 Å². The van der Waals surface area contributed by atoms with Crippen LogP contribution in [-0.4, -0.2) is 14.9 Å². The van der Waals surface area contributed by atoms with Crippen molar-refractivity contribution in [2.75, 3.05) is 0 Å². The van der Waals surface area contributed by atoms with Crippen LogP contribution in [0.3, 0.4) is 0 Å². The lowest BCUT2D eigenvalue weighted by Crippen LogP contribution is -1.97. The average molecular weight is 320 g/mol. The topological polar surface area (TPSA) is 38.0 Å². The Bertz CT molecular complexity index is 878. The van der Waals surface area contributed by atoms with Gasteiger partial charge in [-0.25, -0.2) is 4.68 Å². The van der Waals surface area contributed by atoms with Gasteiger partial charge in [-0.2, -0.15) is 5.10 Å². The minimum Gasteiger partial charge on any atom is -0.493 e. The molecule has 24 heavy (non-hydrogen) atoms. The summed E-state index contributed by atoms with van der Waals surface area (Å²) in [6.45, 7) is 8.35. The SMILES string of the molecule is CCCc1c(-c2cccc(C)c2)nn(-c2ccc(C)c(C)c2)c1O. The molecule has 2 aromatic carbocycles. The van der Waals surface area contributed by atoms with Crippen molar-refractivity contribution in [3.8, 4) is 22.8 Å². The van der Waals surface area contributed by atoms with Crippen molar-refractivity contribution >= 4 is 0 Å². The van der Waals surface area contributed by atoms with Crippen molar-refractivity contribution in [1.82, 2.24) is 9.78 Å². The monoisotopic (exact) mass is 320 g/mol. The second-order valence-electron chi connectivity index (χ2n) is 6.45. The van der Waals surface area contributed by atoms with Crippen LogP contribution >= 0.6 is 0 Å². The highest BCUT2D eigenvalue weighted by Crippen LogP contribution is 2.33. The minimum atomic E-state index is 0.247. The largest absolute Gasteiger partial charge is 0.493 e. The molecule has 3 rings (SSSR count). The summed E-state index contributed by atoms with van der Waals surface area (Å²) < 4.78 is 1.66. The quantitative estimate of drug-likeness (QED) is 0.724. The summed E-state index contributed by atoms with van der Waals surface area (Å²) in [4.78, 5) is 0. The third kappa shape index (κ3) is 2.94. The van der Waals surface area contributed by atoms with E-state index in [1.54, 1.807) is 4.68 Å². The van der Waals surface area contributed by atoms with Gasteiger partial charge in [0.1, 0.15) is 0 Å². The zero-order valence-electron chi connectivity index (χ0n) is 14.8. The molecule has 1 heterocycles. The first-order valence-corrected chi connectivity index (χ1v) is 8.46. The molecule has 0 saturated carbocycles. The molecule has 0 spiro atoms. The second-order valence-corrected chi connectivity index (χ2v) is 6.45. The summed E-state index contributed by atoms with van der Waals surface area (Å²) in [5, 5.41) is 15.5. The molecule has 3 aromatic rings. The van der Waals surface area contributed by atoms with Crippen molar-refractivity contribution in [3.63, 3.8) is 0 Å². The predicted octanol–water partition coefficient (Wildman–Crippen LogP) is 5.12. The van der Waals surface area contributed by atoms with Gasteiger partial charge in [0.15, 0.2) is 0 Å². The molecular formula is C21H24N2O. The zero-order chi connectivity index (χ0) is 17.3. The summed E-state index contributed by atoms with van der Waals surface area (Å²) in [5.41, 5.74) is 7.35. The Labute approximate surface area is 143 Å². The standard InChI is InChI=1S/C21H24N2O/c1-5-7-19-20(17-9-6-8-14(2)12-17)22-23(21(19)24)18-11-10-15(3)16(4)13-18/h6,8-13,24H,5,7H2,1-4H3. The summed E-state index contributed by atoms with van der Waals surface area (Å²) in [6, 6.07) is 14.4. The molecule has 0 bridgehead atoms. The number of nitrogens with zero attached hydrogens (tertiary/aromatic N) is 2. The van der Waals surface area contributed by atoms with Crippen LogP contribution in [0.1, 0.15) is 35.6 Å². The maximum absolute atomic E-state index is 10.8. The Morgan fingerprint density at radius 3 is 2.46 bits per heavy atom. The Morgan fingerprint density at radius 1 is 1.00 bits per heavy atom. The predicted molar refractivity (Wildman–Crippen MR) is 98.9 cm³/mol. The number of rotatable bonds is 4. The van der Waals surface area contributed by atoms with Crippen molar-refractivity contribution in [3.05, 3.63) is 64.7 Å². The molecule has 0 radical (unpaired) electrons. The fraction of sp³-hybridized carbons (Fsp3) is 0.286. The number of benzene rings is 2. The lowest BCUT2D eigenvalue weighted by atomic mass is 10.0. The third-order valence-corrected chi connectivity index (χ3v) is 4.48. The van der Waals surface area contributed by atoms with E-state index in [4.69, 9.17) is 5.10 Å². The van der Waals surface area contributed by atoms with E-state index in [0.29, 0.717) is 0 Å². The average Bonchev–Trinajstić information content (AvgIpc) is 2.88. The molecule has 0 aliphatic carbocycles. The van der Waals surface area contributed by atoms with Gasteiger partial charge in [-0.3, -0.25) is 0 Å². The number of aromatic hydroxyl groups is 1. The first-order valence-electron chi connectivity index (χ1n) is 8.46. The van der Waals surface area contributed by atoms with Crippen LogP contribution in [0.25, 0.3) is 16.9 Å². The normalized spacial score (nSPS) is 11.0. The number of hydrogen-bond acceptors (Lipinski definition) is 2.